The molecule has 0 heterocycles. The van der Waals surface area contributed by atoms with Crippen molar-refractivity contribution in [2.45, 2.75) is 32.8 Å². The van der Waals surface area contributed by atoms with Crippen LogP contribution >= 0.6 is 22.6 Å². The van der Waals surface area contributed by atoms with E-state index in [2.05, 4.69) is 27.9 Å². The molecule has 0 aliphatic rings. The highest BCUT2D eigenvalue weighted by atomic mass is 127. The van der Waals surface area contributed by atoms with E-state index in [0.29, 0.717) is 19.8 Å². The summed E-state index contributed by atoms with van der Waals surface area (Å²) in [5.41, 5.74) is 1.20. The minimum atomic E-state index is -0.692. The van der Waals surface area contributed by atoms with E-state index >= 15 is 0 Å². The van der Waals surface area contributed by atoms with Gasteiger partial charge in [-0.2, -0.15) is 0 Å². The number of benzene rings is 2. The Balaban J connectivity index is 1.75. The van der Waals surface area contributed by atoms with Gasteiger partial charge in [-0.05, 0) is 65.6 Å². The number of hydrogen-bond donors (Lipinski definition) is 1. The molecule has 2 atom stereocenters. The Kier molecular flexibility index (Phi) is 9.10. The van der Waals surface area contributed by atoms with E-state index in [1.807, 2.05) is 68.4 Å². The van der Waals surface area contributed by atoms with Crippen LogP contribution in [0.25, 0.3) is 0 Å². The Morgan fingerprint density at radius 2 is 1.86 bits per heavy atom. The minimum absolute atomic E-state index is 0.0646. The van der Waals surface area contributed by atoms with Crippen LogP contribution in [0.4, 0.5) is 4.79 Å². The number of ketones is 1. The van der Waals surface area contributed by atoms with Gasteiger partial charge in [-0.1, -0.05) is 49.4 Å². The molecule has 5 nitrogen and oxygen atoms in total. The molecular formula is C23H28INO4. The van der Waals surface area contributed by atoms with Gasteiger partial charge in [-0.25, -0.2) is 4.79 Å². The SMILES string of the molecule is CC(=O)C(C)(COCC(C)CNC(=O)OCc1ccccc1)c1cccc(I)c1. The molecule has 0 aromatic heterocycles. The Hall–Kier alpha value is -1.93. The predicted octanol–water partition coefficient (Wildman–Crippen LogP) is 4.72. The number of carbonyl (C=O) groups excluding carboxylic acids is 2. The molecule has 0 bridgehead atoms. The van der Waals surface area contributed by atoms with Crippen LogP contribution in [0.3, 0.4) is 0 Å². The van der Waals surface area contributed by atoms with Crippen LogP contribution in [-0.2, 0) is 26.3 Å². The summed E-state index contributed by atoms with van der Waals surface area (Å²) in [7, 11) is 0. The third-order valence-electron chi connectivity index (χ3n) is 4.84. The average Bonchev–Trinajstić information content (AvgIpc) is 2.71. The molecule has 0 saturated heterocycles. The second-order valence-corrected chi connectivity index (χ2v) is 8.71. The van der Waals surface area contributed by atoms with Crippen molar-refractivity contribution >= 4 is 34.5 Å². The molecule has 0 radical (unpaired) electrons. The van der Waals surface area contributed by atoms with Crippen molar-refractivity contribution in [3.05, 3.63) is 69.3 Å². The summed E-state index contributed by atoms with van der Waals surface area (Å²) in [6.45, 7) is 6.89. The lowest BCUT2D eigenvalue weighted by Gasteiger charge is -2.28. The maximum Gasteiger partial charge on any atom is 0.407 e. The Labute approximate surface area is 186 Å². The molecule has 6 heteroatoms. The van der Waals surface area contributed by atoms with Crippen LogP contribution in [0.2, 0.25) is 0 Å². The third-order valence-corrected chi connectivity index (χ3v) is 5.51. The summed E-state index contributed by atoms with van der Waals surface area (Å²) >= 11 is 2.24. The van der Waals surface area contributed by atoms with E-state index in [0.717, 1.165) is 14.7 Å². The van der Waals surface area contributed by atoms with Gasteiger partial charge in [0, 0.05) is 10.1 Å². The van der Waals surface area contributed by atoms with E-state index in [1.165, 1.54) is 0 Å². The number of alkyl carbamates (subject to hydrolysis) is 1. The highest BCUT2D eigenvalue weighted by Gasteiger charge is 2.32. The fourth-order valence-corrected chi connectivity index (χ4v) is 3.32. The second kappa shape index (κ2) is 11.3. The lowest BCUT2D eigenvalue weighted by atomic mass is 9.80. The van der Waals surface area contributed by atoms with Gasteiger partial charge in [0.05, 0.1) is 18.6 Å². The van der Waals surface area contributed by atoms with Crippen molar-refractivity contribution in [3.63, 3.8) is 0 Å². The van der Waals surface area contributed by atoms with Crippen LogP contribution in [0.15, 0.2) is 54.6 Å². The van der Waals surface area contributed by atoms with Crippen LogP contribution in [0, 0.1) is 9.49 Å². The van der Waals surface area contributed by atoms with Crippen molar-refractivity contribution in [2.24, 2.45) is 5.92 Å². The van der Waals surface area contributed by atoms with E-state index < -0.39 is 11.5 Å². The first kappa shape index (κ1) is 23.3. The summed E-state index contributed by atoms with van der Waals surface area (Å²) < 4.78 is 12.1. The molecule has 0 saturated carbocycles. The van der Waals surface area contributed by atoms with Gasteiger partial charge in [0.15, 0.2) is 0 Å². The van der Waals surface area contributed by atoms with Gasteiger partial charge < -0.3 is 14.8 Å². The van der Waals surface area contributed by atoms with E-state index in [4.69, 9.17) is 9.47 Å². The predicted molar refractivity (Wildman–Crippen MR) is 122 cm³/mol. The van der Waals surface area contributed by atoms with Crippen molar-refractivity contribution in [3.8, 4) is 0 Å². The largest absolute Gasteiger partial charge is 0.445 e. The van der Waals surface area contributed by atoms with Gasteiger partial charge in [0.25, 0.3) is 0 Å². The fourth-order valence-electron chi connectivity index (χ4n) is 2.77. The number of amides is 1. The Bertz CT molecular complexity index is 812. The molecule has 1 amide bonds. The Morgan fingerprint density at radius 3 is 2.52 bits per heavy atom. The van der Waals surface area contributed by atoms with Gasteiger partial charge in [-0.3, -0.25) is 4.79 Å². The quantitative estimate of drug-likeness (QED) is 0.471. The Morgan fingerprint density at radius 1 is 1.14 bits per heavy atom. The van der Waals surface area contributed by atoms with Crippen molar-refractivity contribution in [1.29, 1.82) is 0 Å². The van der Waals surface area contributed by atoms with Crippen molar-refractivity contribution in [1.82, 2.24) is 5.32 Å². The third kappa shape index (κ3) is 7.44. The lowest BCUT2D eigenvalue weighted by molar-refractivity contribution is -0.124. The summed E-state index contributed by atoms with van der Waals surface area (Å²) in [6.07, 6.45) is -0.451. The number of ether oxygens (including phenoxy) is 2. The molecule has 0 fully saturated rings. The molecule has 0 aliphatic carbocycles. The number of hydrogen-bond acceptors (Lipinski definition) is 4. The summed E-state index contributed by atoms with van der Waals surface area (Å²) in [6, 6.07) is 17.5. The first-order valence-electron chi connectivity index (χ1n) is 9.60. The fraction of sp³-hybridized carbons (Fsp3) is 0.391. The number of rotatable bonds is 10. The normalized spacial score (nSPS) is 13.9. The zero-order valence-corrected chi connectivity index (χ0v) is 19.3. The molecule has 0 aliphatic heterocycles. The maximum atomic E-state index is 12.3. The highest BCUT2D eigenvalue weighted by Crippen LogP contribution is 2.27. The number of nitrogens with one attached hydrogen (secondary N) is 1. The summed E-state index contributed by atoms with van der Waals surface area (Å²) in [5.74, 6) is 0.154. The molecule has 2 rings (SSSR count). The van der Waals surface area contributed by atoms with Crippen LogP contribution < -0.4 is 5.32 Å². The molecule has 2 unspecified atom stereocenters. The molecule has 156 valence electrons. The van der Waals surface area contributed by atoms with E-state index in [1.54, 1.807) is 6.92 Å². The highest BCUT2D eigenvalue weighted by molar-refractivity contribution is 14.1. The van der Waals surface area contributed by atoms with Gasteiger partial charge >= 0.3 is 6.09 Å². The van der Waals surface area contributed by atoms with Crippen LogP contribution in [0.1, 0.15) is 31.9 Å². The van der Waals surface area contributed by atoms with Gasteiger partial charge in [-0.15, -0.1) is 0 Å². The smallest absolute Gasteiger partial charge is 0.407 e. The first-order valence-corrected chi connectivity index (χ1v) is 10.7. The number of carbonyl (C=O) groups is 2. The summed E-state index contributed by atoms with van der Waals surface area (Å²) in [5, 5.41) is 2.75. The number of halogens is 1. The summed E-state index contributed by atoms with van der Waals surface area (Å²) in [4.78, 5) is 24.1. The molecule has 2 aromatic carbocycles. The minimum Gasteiger partial charge on any atom is -0.445 e. The van der Waals surface area contributed by atoms with E-state index in [-0.39, 0.29) is 18.3 Å². The number of Topliss-reactive ketones (excluding diaryl/α,β-unsaturated/α-hetero) is 1. The van der Waals surface area contributed by atoms with Crippen molar-refractivity contribution in [2.75, 3.05) is 19.8 Å². The monoisotopic (exact) mass is 509 g/mol. The standard InChI is InChI=1S/C23H28INO4/c1-17(13-25-22(27)29-15-19-8-5-4-6-9-19)14-28-16-23(3,18(2)26)20-10-7-11-21(24)12-20/h4-12,17H,13-16H2,1-3H3,(H,25,27). The van der Waals surface area contributed by atoms with Crippen molar-refractivity contribution < 1.29 is 19.1 Å². The average molecular weight is 509 g/mol. The molecular weight excluding hydrogens is 481 g/mol. The zero-order chi connectivity index (χ0) is 21.3. The topological polar surface area (TPSA) is 64.6 Å². The van der Waals surface area contributed by atoms with E-state index in [9.17, 15) is 9.59 Å². The van der Waals surface area contributed by atoms with Crippen LogP contribution in [0.5, 0.6) is 0 Å². The molecule has 29 heavy (non-hydrogen) atoms. The maximum absolute atomic E-state index is 12.3. The first-order chi connectivity index (χ1) is 13.8. The molecule has 1 N–H and O–H groups in total. The second-order valence-electron chi connectivity index (χ2n) is 7.46. The zero-order valence-electron chi connectivity index (χ0n) is 17.1. The molecule has 0 spiro atoms. The lowest BCUT2D eigenvalue weighted by Crippen LogP contribution is -2.37. The van der Waals surface area contributed by atoms with Crippen LogP contribution in [-0.4, -0.2) is 31.6 Å². The molecule has 2 aromatic rings. The van der Waals surface area contributed by atoms with Gasteiger partial charge in [0.2, 0.25) is 0 Å². The van der Waals surface area contributed by atoms with Gasteiger partial charge in [0.1, 0.15) is 12.4 Å².